The van der Waals surface area contributed by atoms with Gasteiger partial charge in [-0.25, -0.2) is 0 Å². The first-order valence-electron chi connectivity index (χ1n) is 37.4. The van der Waals surface area contributed by atoms with Crippen LogP contribution in [0.3, 0.4) is 0 Å². The molecule has 0 saturated carbocycles. The normalized spacial score (nSPS) is 41.2. The predicted octanol–water partition coefficient (Wildman–Crippen LogP) is 13.8. The van der Waals surface area contributed by atoms with Gasteiger partial charge < -0.3 is 0 Å². The van der Waals surface area contributed by atoms with Gasteiger partial charge in [-0.3, -0.25) is 0 Å². The lowest BCUT2D eigenvalue weighted by Crippen LogP contribution is -2.10. The molecule has 1 aromatic rings. The molecule has 1 rings (SSSR count). The maximum absolute atomic E-state index is 7.39. The zero-order valence-corrected chi connectivity index (χ0v) is 22.6. The third-order valence-corrected chi connectivity index (χ3v) is 1.25. The number of benzene rings is 1. The molecule has 0 bridgehead atoms. The van der Waals surface area contributed by atoms with E-state index in [1.165, 1.54) is 6.92 Å². The summed E-state index contributed by atoms with van der Waals surface area (Å²) < 4.78 is 394. The van der Waals surface area contributed by atoms with E-state index in [0.29, 0.717) is 12.5 Å². The summed E-state index contributed by atoms with van der Waals surface area (Å²) in [7, 11) is -4.35. The molecule has 0 aliphatic carbocycles. The maximum Gasteiger partial charge on any atom is 0.0625 e. The van der Waals surface area contributed by atoms with Gasteiger partial charge in [-0.2, -0.15) is 0 Å². The molecular weight excluding hydrogens is 448 g/mol. The van der Waals surface area contributed by atoms with Gasteiger partial charge in [0.15, 0.2) is 0 Å². The molecule has 0 aromatic heterocycles. The zero-order chi connectivity index (χ0) is 78.0. The van der Waals surface area contributed by atoms with E-state index in [-0.39, 0.29) is 30.2 Å². The Kier molecular flexibility index (Phi) is 4.64. The second kappa shape index (κ2) is 29.0. The highest BCUT2D eigenvalue weighted by Gasteiger charge is 2.03. The maximum atomic E-state index is 7.39. The highest BCUT2D eigenvalue weighted by molar-refractivity contribution is 6.74. The Morgan fingerprint density at radius 1 is 0.861 bits per heavy atom. The average Bonchev–Trinajstić information content (AvgIpc) is 3.20. The summed E-state index contributed by atoms with van der Waals surface area (Å²) in [4.78, 5) is 0. The molecule has 0 heterocycles. The molecule has 1 aromatic carbocycles. The Morgan fingerprint density at radius 3 is 1.47 bits per heavy atom. The topological polar surface area (TPSA) is 0 Å². The first-order chi connectivity index (χ1) is 38.4. The van der Waals surface area contributed by atoms with Gasteiger partial charge in [-0.05, 0) is 35.4 Å². The van der Waals surface area contributed by atoms with E-state index in [9.17, 15) is 0 Å². The van der Waals surface area contributed by atoms with Crippen LogP contribution in [0.4, 0.5) is 0 Å². The molecule has 0 aliphatic rings. The van der Waals surface area contributed by atoms with Gasteiger partial charge in [0.1, 0.15) is 0 Å². The van der Waals surface area contributed by atoms with Crippen LogP contribution < -0.4 is 0 Å². The first-order valence-corrected chi connectivity index (χ1v) is 11.8. The Morgan fingerprint density at radius 2 is 1.36 bits per heavy atom. The van der Waals surface area contributed by atoms with Crippen molar-refractivity contribution >= 4 is 8.07 Å². The van der Waals surface area contributed by atoms with Crippen LogP contribution in [0, 0.1) is 35.4 Å². The van der Waals surface area contributed by atoms with Gasteiger partial charge in [0, 0.05) is 78.0 Å². The summed E-state index contributed by atoms with van der Waals surface area (Å²) in [5.74, 6) is -7.46. The van der Waals surface area contributed by atoms with Crippen molar-refractivity contribution in [2.45, 2.75) is 163 Å². The van der Waals surface area contributed by atoms with Crippen LogP contribution in [0.1, 0.15) is 212 Å². The molecule has 1 unspecified atom stereocenters. The molecule has 36 heavy (non-hydrogen) atoms. The van der Waals surface area contributed by atoms with Crippen molar-refractivity contribution < 1.29 is 76.8 Å². The first kappa shape index (κ1) is 5.76. The van der Waals surface area contributed by atoms with Crippen molar-refractivity contribution in [3.63, 3.8) is 0 Å². The van der Waals surface area contributed by atoms with Gasteiger partial charge in [0.2, 0.25) is 0 Å². The molecule has 222 valence electrons. The summed E-state index contributed by atoms with van der Waals surface area (Å²) in [6, 6.07) is -1.13. The van der Waals surface area contributed by atoms with Crippen LogP contribution in [0.25, 0.3) is 0 Å². The minimum Gasteiger partial charge on any atom is -0.0697 e. The molecule has 0 radical (unpaired) electrons. The van der Waals surface area contributed by atoms with Crippen LogP contribution in [-0.4, -0.2) is 8.07 Å². The third kappa shape index (κ3) is 227. The Hall–Kier alpha value is -0.563. The van der Waals surface area contributed by atoms with Crippen molar-refractivity contribution in [2.24, 2.45) is 28.5 Å². The summed E-state index contributed by atoms with van der Waals surface area (Å²) in [5.41, 5.74) is -5.81. The van der Waals surface area contributed by atoms with Crippen molar-refractivity contribution in [1.29, 1.82) is 0 Å². The van der Waals surface area contributed by atoms with E-state index in [4.69, 9.17) is 76.8 Å². The van der Waals surface area contributed by atoms with Gasteiger partial charge in [0.25, 0.3) is 0 Å². The Balaban J connectivity index is -0.000000236. The fourth-order valence-electron chi connectivity index (χ4n) is 0.312. The van der Waals surface area contributed by atoms with Crippen molar-refractivity contribution in [3.8, 4) is 0 Å². The van der Waals surface area contributed by atoms with Gasteiger partial charge >= 0.3 is 0 Å². The van der Waals surface area contributed by atoms with E-state index in [1.54, 1.807) is 0 Å². The lowest BCUT2D eigenvalue weighted by atomic mass is 9.94. The van der Waals surface area contributed by atoms with Gasteiger partial charge in [-0.15, -0.1) is 0 Å². The molecule has 1 heteroatoms. The Bertz CT molecular complexity index is 1990. The molecule has 0 amide bonds. The predicted molar refractivity (Wildman–Crippen MR) is 181 cm³/mol. The van der Waals surface area contributed by atoms with E-state index < -0.39 is 151 Å². The molecule has 0 aliphatic heterocycles. The molecule has 1 atom stereocenters. The standard InChI is InChI=1S/C7H8.C6H14.2C5H12.C4H12Si.2C4H10/c1-7-5-3-2-4-6-7;1-5-6(2,3)4;1-5(2,3)4;1-4-5(2)3;1-5(2,3)4;2*1-4(2)3/h2-6H,1H3;5H2,1-4H3;1-4H3;5H,4H2,1-3H3;1-4H3;2*4H,1-3H3/i2D,3D,4D,5D,6D;2D3,3D3,4D3,5D2;1D3,2D3,3D3;2D3,3D3,4D2,5D;1D3,2D3,3D3;1D3,2D3,4D;1D2,2D3,4D. The molecule has 0 saturated heterocycles. The van der Waals surface area contributed by atoms with Crippen LogP contribution in [-0.2, 0) is 0 Å². The SMILES string of the molecule is [2H]C([2H])([2H])C(C([2H])([2H])[2H])(C([2H])([2H])[2H])C([2H])([2H])C.[2H]C([2H])([2H])C(C)(C([2H])([2H])[2H])C([2H])([2H])[2H].[2H]C([2H])([2H])C([2H])(C([2H])([2H])[2H])C([2H])([2H])C.[2H]C([2H])([2H])C([2H])(C)C([2H])([2H])[2H].[2H]C([2H])([2H])[Si](C)(C([2H])([2H])[2H])C([2H])([2H])[2H].[2H]C([2H])C([2H])(C)C([2H])([2H])[2H].[2H]c1c([2H])c([2H])c(C)c([2H])c1[2H]. The van der Waals surface area contributed by atoms with Crippen molar-refractivity contribution in [3.05, 3.63) is 35.8 Å². The van der Waals surface area contributed by atoms with Crippen molar-refractivity contribution in [1.82, 2.24) is 0 Å². The minimum absolute atomic E-state index is 0.124. The van der Waals surface area contributed by atoms with Crippen LogP contribution in [0.2, 0.25) is 26.0 Å². The lowest BCUT2D eigenvalue weighted by Gasteiger charge is -2.12. The minimum atomic E-state index is -4.35. The summed E-state index contributed by atoms with van der Waals surface area (Å²) in [6.45, 7) is -37.9. The second-order valence-corrected chi connectivity index (χ2v) is 8.68. The average molecular weight is 583 g/mol. The summed E-state index contributed by atoms with van der Waals surface area (Å²) in [6.07, 6.45) is -5.56. The molecule has 0 nitrogen and oxygen atoms in total. The van der Waals surface area contributed by atoms with Crippen molar-refractivity contribution in [2.75, 3.05) is 0 Å². The van der Waals surface area contributed by atoms with E-state index in [2.05, 4.69) is 0 Å². The monoisotopic (exact) mass is 583 g/mol. The summed E-state index contributed by atoms with van der Waals surface area (Å²) >= 11 is 0. The zero-order valence-electron chi connectivity index (χ0n) is 77.6. The van der Waals surface area contributed by atoms with Gasteiger partial charge in [0.05, 0.1) is 6.85 Å². The van der Waals surface area contributed by atoms with Crippen LogP contribution >= 0.6 is 0 Å². The van der Waals surface area contributed by atoms with Crippen LogP contribution in [0.5, 0.6) is 0 Å². The van der Waals surface area contributed by atoms with Crippen LogP contribution in [0.15, 0.2) is 30.2 Å². The number of rotatable bonds is 1. The third-order valence-electron chi connectivity index (χ3n) is 1.25. The second-order valence-electron chi connectivity index (χ2n) is 6.43. The quantitative estimate of drug-likeness (QED) is 0.289. The lowest BCUT2D eigenvalue weighted by molar-refractivity contribution is 0.398. The van der Waals surface area contributed by atoms with E-state index in [0.717, 1.165) is 34.2 Å². The van der Waals surface area contributed by atoms with Gasteiger partial charge in [-0.1, -0.05) is 191 Å². The largest absolute Gasteiger partial charge is 0.0697 e. The van der Waals surface area contributed by atoms with E-state index in [1.807, 2.05) is 0 Å². The molecule has 0 fully saturated rings. The molecule has 0 N–H and O–H groups in total. The molecular formula is C35H78Si. The Labute approximate surface area is 314 Å². The fourth-order valence-corrected chi connectivity index (χ4v) is 0.312. The fraction of sp³-hybridized carbons (Fsp3) is 0.829. The smallest absolute Gasteiger partial charge is 0.0625 e. The van der Waals surface area contributed by atoms with E-state index >= 15 is 0 Å². The number of hydrogen-bond acceptors (Lipinski definition) is 0. The summed E-state index contributed by atoms with van der Waals surface area (Å²) in [5, 5.41) is 0. The number of hydrogen-bond donors (Lipinski definition) is 0. The molecule has 0 spiro atoms. The highest BCUT2D eigenvalue weighted by atomic mass is 28.3. The highest BCUT2D eigenvalue weighted by Crippen LogP contribution is 2.16.